The van der Waals surface area contributed by atoms with Gasteiger partial charge in [0.25, 0.3) is 0 Å². The van der Waals surface area contributed by atoms with E-state index in [1.54, 1.807) is 24.5 Å². The molecule has 5 heterocycles. The van der Waals surface area contributed by atoms with Crippen LogP contribution in [0.4, 0.5) is 10.2 Å². The summed E-state index contributed by atoms with van der Waals surface area (Å²) in [6.07, 6.45) is 7.61. The van der Waals surface area contributed by atoms with Crippen LogP contribution in [0.1, 0.15) is 54.6 Å². The standard InChI is InChI=1S/C27H27FN6O2/c1-14(35)24-25(17-9-18-5-6-19(10-17)32-18)33-27-20(13-31-34(27)26(24)29)16-3-7-22(30-12-16)15-4-8-23(36-2)21(28)11-15/h3-4,7-8,11-13,17-19,32H,5-6,9-10,29H2,1-2H3. The first-order valence-electron chi connectivity index (χ1n) is 12.2. The lowest BCUT2D eigenvalue weighted by molar-refractivity contribution is 0.101. The van der Waals surface area contributed by atoms with Gasteiger partial charge in [0.1, 0.15) is 5.82 Å². The number of halogens is 1. The summed E-state index contributed by atoms with van der Waals surface area (Å²) in [5.74, 6) is 0.134. The number of pyridine rings is 1. The second-order valence-electron chi connectivity index (χ2n) is 9.69. The van der Waals surface area contributed by atoms with Gasteiger partial charge in [0.2, 0.25) is 0 Å². The van der Waals surface area contributed by atoms with Gasteiger partial charge in [-0.3, -0.25) is 9.78 Å². The van der Waals surface area contributed by atoms with E-state index in [1.807, 2.05) is 12.1 Å². The van der Waals surface area contributed by atoms with Gasteiger partial charge < -0.3 is 15.8 Å². The molecule has 6 rings (SSSR count). The molecule has 0 aliphatic carbocycles. The quantitative estimate of drug-likeness (QED) is 0.403. The number of nitrogens with zero attached hydrogens (tertiary/aromatic N) is 4. The van der Waals surface area contributed by atoms with E-state index in [-0.39, 0.29) is 17.5 Å². The molecule has 2 aliphatic heterocycles. The molecule has 3 aromatic heterocycles. The van der Waals surface area contributed by atoms with E-state index in [2.05, 4.69) is 15.4 Å². The number of methoxy groups -OCH3 is 1. The summed E-state index contributed by atoms with van der Waals surface area (Å²) in [5, 5.41) is 8.10. The monoisotopic (exact) mass is 486 g/mol. The number of aromatic nitrogens is 4. The van der Waals surface area contributed by atoms with Crippen molar-refractivity contribution in [1.29, 1.82) is 0 Å². The van der Waals surface area contributed by atoms with Crippen LogP contribution >= 0.6 is 0 Å². The minimum atomic E-state index is -0.441. The van der Waals surface area contributed by atoms with Crippen LogP contribution in [-0.4, -0.2) is 44.6 Å². The van der Waals surface area contributed by atoms with Crippen molar-refractivity contribution in [3.63, 3.8) is 0 Å². The fraction of sp³-hybridized carbons (Fsp3) is 0.333. The molecule has 2 atom stereocenters. The number of carbonyl (C=O) groups is 1. The molecule has 1 aromatic carbocycles. The normalized spacial score (nSPS) is 21.1. The van der Waals surface area contributed by atoms with Gasteiger partial charge in [-0.15, -0.1) is 0 Å². The second-order valence-corrected chi connectivity index (χ2v) is 9.69. The maximum atomic E-state index is 14.2. The van der Waals surface area contributed by atoms with Crippen LogP contribution in [0.3, 0.4) is 0 Å². The number of nitrogens with two attached hydrogens (primary N) is 1. The minimum absolute atomic E-state index is 0.0995. The van der Waals surface area contributed by atoms with Gasteiger partial charge in [0.15, 0.2) is 23.0 Å². The van der Waals surface area contributed by atoms with Crippen molar-refractivity contribution < 1.29 is 13.9 Å². The van der Waals surface area contributed by atoms with Crippen LogP contribution in [0.5, 0.6) is 5.75 Å². The number of Topliss-reactive ketones (excluding diaryl/α,β-unsaturated/α-hetero) is 1. The van der Waals surface area contributed by atoms with Gasteiger partial charge in [-0.05, 0) is 56.9 Å². The highest BCUT2D eigenvalue weighted by Crippen LogP contribution is 2.40. The molecular formula is C27H27FN6O2. The number of hydrogen-bond donors (Lipinski definition) is 2. The number of ether oxygens (including phenoxy) is 1. The lowest BCUT2D eigenvalue weighted by Crippen LogP contribution is -2.38. The highest BCUT2D eigenvalue weighted by molar-refractivity contribution is 6.00. The fourth-order valence-electron chi connectivity index (χ4n) is 5.72. The third-order valence-electron chi connectivity index (χ3n) is 7.44. The van der Waals surface area contributed by atoms with Crippen molar-refractivity contribution in [1.82, 2.24) is 24.9 Å². The van der Waals surface area contributed by atoms with Gasteiger partial charge in [-0.2, -0.15) is 9.61 Å². The molecule has 0 amide bonds. The Hall–Kier alpha value is -3.85. The van der Waals surface area contributed by atoms with Crippen LogP contribution in [0.25, 0.3) is 28.0 Å². The maximum absolute atomic E-state index is 14.2. The summed E-state index contributed by atoms with van der Waals surface area (Å²) in [4.78, 5) is 22.2. The summed E-state index contributed by atoms with van der Waals surface area (Å²) in [5.41, 5.74) is 11.2. The Morgan fingerprint density at radius 2 is 1.89 bits per heavy atom. The first-order chi connectivity index (χ1) is 17.4. The molecule has 184 valence electrons. The van der Waals surface area contributed by atoms with E-state index < -0.39 is 5.82 Å². The number of carbonyl (C=O) groups excluding carboxylic acids is 1. The van der Waals surface area contributed by atoms with Crippen LogP contribution in [-0.2, 0) is 0 Å². The Balaban J connectivity index is 1.41. The zero-order chi connectivity index (χ0) is 25.0. The number of nitrogens with one attached hydrogen (secondary N) is 1. The molecule has 4 aromatic rings. The lowest BCUT2D eigenvalue weighted by atomic mass is 9.86. The fourth-order valence-corrected chi connectivity index (χ4v) is 5.72. The highest BCUT2D eigenvalue weighted by atomic mass is 19.1. The number of nitrogen functional groups attached to an aromatic ring is 1. The lowest BCUT2D eigenvalue weighted by Gasteiger charge is -2.30. The topological polar surface area (TPSA) is 107 Å². The Morgan fingerprint density at radius 3 is 2.53 bits per heavy atom. The predicted molar refractivity (Wildman–Crippen MR) is 135 cm³/mol. The number of piperidine rings is 1. The van der Waals surface area contributed by atoms with Crippen LogP contribution in [0, 0.1) is 5.82 Å². The largest absolute Gasteiger partial charge is 0.494 e. The number of ketones is 1. The summed E-state index contributed by atoms with van der Waals surface area (Å²) < 4.78 is 20.7. The van der Waals surface area contributed by atoms with Gasteiger partial charge >= 0.3 is 0 Å². The number of fused-ring (bicyclic) bond motifs is 3. The molecule has 0 radical (unpaired) electrons. The zero-order valence-corrected chi connectivity index (χ0v) is 20.2. The molecule has 0 saturated carbocycles. The van der Waals surface area contributed by atoms with Crippen LogP contribution in [0.15, 0.2) is 42.7 Å². The van der Waals surface area contributed by atoms with Gasteiger partial charge in [0.05, 0.1) is 30.3 Å². The Labute approximate surface area is 207 Å². The average Bonchev–Trinajstić information content (AvgIpc) is 3.46. The molecule has 8 nitrogen and oxygen atoms in total. The van der Waals surface area contributed by atoms with Gasteiger partial charge in [-0.25, -0.2) is 9.37 Å². The van der Waals surface area contributed by atoms with E-state index >= 15 is 0 Å². The van der Waals surface area contributed by atoms with Crippen LogP contribution < -0.4 is 15.8 Å². The summed E-state index contributed by atoms with van der Waals surface area (Å²) in [6, 6.07) is 9.40. The average molecular weight is 487 g/mol. The van der Waals surface area contributed by atoms with E-state index in [1.165, 1.54) is 24.6 Å². The summed E-state index contributed by atoms with van der Waals surface area (Å²) in [6.45, 7) is 1.54. The molecule has 2 aliphatic rings. The number of hydrogen-bond acceptors (Lipinski definition) is 7. The Bertz CT molecular complexity index is 1470. The van der Waals surface area contributed by atoms with Crippen molar-refractivity contribution in [2.75, 3.05) is 12.8 Å². The van der Waals surface area contributed by atoms with Crippen molar-refractivity contribution in [2.24, 2.45) is 0 Å². The highest BCUT2D eigenvalue weighted by Gasteiger charge is 2.37. The first-order valence-corrected chi connectivity index (χ1v) is 12.2. The molecule has 2 fully saturated rings. The van der Waals surface area contributed by atoms with Crippen molar-refractivity contribution in [3.05, 3.63) is 59.8 Å². The summed E-state index contributed by atoms with van der Waals surface area (Å²) in [7, 11) is 1.43. The maximum Gasteiger partial charge on any atom is 0.165 e. The van der Waals surface area contributed by atoms with E-state index in [0.717, 1.165) is 42.5 Å². The molecule has 9 heteroatoms. The second kappa shape index (κ2) is 8.67. The molecule has 2 saturated heterocycles. The number of rotatable bonds is 5. The Morgan fingerprint density at radius 1 is 1.14 bits per heavy atom. The summed E-state index contributed by atoms with van der Waals surface area (Å²) >= 11 is 0. The van der Waals surface area contributed by atoms with Gasteiger partial charge in [0, 0.05) is 40.9 Å². The number of benzene rings is 1. The minimum Gasteiger partial charge on any atom is -0.494 e. The number of anilines is 1. The molecule has 3 N–H and O–H groups in total. The van der Waals surface area contributed by atoms with Gasteiger partial charge in [-0.1, -0.05) is 6.07 Å². The smallest absolute Gasteiger partial charge is 0.165 e. The first kappa shape index (κ1) is 22.6. The van der Waals surface area contributed by atoms with E-state index in [9.17, 15) is 9.18 Å². The molecular weight excluding hydrogens is 459 g/mol. The molecule has 36 heavy (non-hydrogen) atoms. The van der Waals surface area contributed by atoms with Crippen molar-refractivity contribution in [3.8, 4) is 28.1 Å². The van der Waals surface area contributed by atoms with E-state index in [0.29, 0.717) is 40.4 Å². The van der Waals surface area contributed by atoms with Crippen molar-refractivity contribution in [2.45, 2.75) is 50.6 Å². The van der Waals surface area contributed by atoms with Crippen molar-refractivity contribution >= 4 is 17.2 Å². The zero-order valence-electron chi connectivity index (χ0n) is 20.2. The predicted octanol–water partition coefficient (Wildman–Crippen LogP) is 4.39. The molecule has 2 bridgehead atoms. The van der Waals surface area contributed by atoms with Crippen LogP contribution in [0.2, 0.25) is 0 Å². The SMILES string of the molecule is COc1ccc(-c2ccc(-c3cnn4c(N)c(C(C)=O)c(C5CC6CCC(C5)N6)nc34)cn2)cc1F. The third kappa shape index (κ3) is 3.71. The molecule has 0 spiro atoms. The van der Waals surface area contributed by atoms with E-state index in [4.69, 9.17) is 15.5 Å². The third-order valence-corrected chi connectivity index (χ3v) is 7.44. The molecule has 2 unspecified atom stereocenters. The Kier molecular flexibility index (Phi) is 5.44.